The van der Waals surface area contributed by atoms with Crippen molar-refractivity contribution in [3.63, 3.8) is 0 Å². The van der Waals surface area contributed by atoms with E-state index in [2.05, 4.69) is 0 Å². The summed E-state index contributed by atoms with van der Waals surface area (Å²) < 4.78 is 5.55. The lowest BCUT2D eigenvalue weighted by atomic mass is 9.81. The lowest BCUT2D eigenvalue weighted by molar-refractivity contribution is -0.0466. The molecule has 1 N–H and O–H groups in total. The SMILES string of the molecule is CC(C)C(OC(=O)c1ccccc1)C(C)(C)CO. The molecular formula is C15H22O3. The Balaban J connectivity index is 2.83. The molecule has 0 spiro atoms. The average Bonchev–Trinajstić information content (AvgIpc) is 2.36. The number of carbonyl (C=O) groups is 1. The van der Waals surface area contributed by atoms with Gasteiger partial charge >= 0.3 is 5.97 Å². The van der Waals surface area contributed by atoms with E-state index in [1.807, 2.05) is 33.8 Å². The Morgan fingerprint density at radius 3 is 2.28 bits per heavy atom. The number of benzene rings is 1. The second-order valence-corrected chi connectivity index (χ2v) is 5.58. The molecular weight excluding hydrogens is 228 g/mol. The summed E-state index contributed by atoms with van der Waals surface area (Å²) in [6, 6.07) is 8.92. The summed E-state index contributed by atoms with van der Waals surface area (Å²) in [5, 5.41) is 9.41. The van der Waals surface area contributed by atoms with Gasteiger partial charge in [-0.3, -0.25) is 0 Å². The first kappa shape index (κ1) is 14.7. The van der Waals surface area contributed by atoms with Crippen molar-refractivity contribution in [1.82, 2.24) is 0 Å². The molecule has 0 bridgehead atoms. The molecule has 1 rings (SSSR count). The van der Waals surface area contributed by atoms with E-state index in [9.17, 15) is 9.90 Å². The molecule has 0 radical (unpaired) electrons. The lowest BCUT2D eigenvalue weighted by Gasteiger charge is -2.34. The smallest absolute Gasteiger partial charge is 0.338 e. The van der Waals surface area contributed by atoms with Gasteiger partial charge in [-0.25, -0.2) is 4.79 Å². The maximum Gasteiger partial charge on any atom is 0.338 e. The number of esters is 1. The molecule has 0 amide bonds. The number of ether oxygens (including phenoxy) is 1. The second-order valence-electron chi connectivity index (χ2n) is 5.58. The summed E-state index contributed by atoms with van der Waals surface area (Å²) in [4.78, 5) is 12.0. The van der Waals surface area contributed by atoms with Gasteiger partial charge in [-0.2, -0.15) is 0 Å². The maximum absolute atomic E-state index is 12.0. The Morgan fingerprint density at radius 1 is 1.28 bits per heavy atom. The summed E-state index contributed by atoms with van der Waals surface area (Å²) >= 11 is 0. The molecule has 0 saturated heterocycles. The number of rotatable bonds is 5. The molecule has 0 fully saturated rings. The topological polar surface area (TPSA) is 46.5 Å². The molecule has 0 aliphatic heterocycles. The third-order valence-corrected chi connectivity index (χ3v) is 3.03. The van der Waals surface area contributed by atoms with Crippen LogP contribution in [0.25, 0.3) is 0 Å². The standard InChI is InChI=1S/C15H22O3/c1-11(2)13(15(3,4)10-16)18-14(17)12-8-6-5-7-9-12/h5-9,11,13,16H,10H2,1-4H3. The molecule has 1 aromatic rings. The van der Waals surface area contributed by atoms with Crippen molar-refractivity contribution in [3.8, 4) is 0 Å². The molecule has 0 aromatic heterocycles. The molecule has 0 saturated carbocycles. The van der Waals surface area contributed by atoms with Crippen LogP contribution >= 0.6 is 0 Å². The van der Waals surface area contributed by atoms with Gasteiger partial charge < -0.3 is 9.84 Å². The van der Waals surface area contributed by atoms with E-state index < -0.39 is 5.41 Å². The fraction of sp³-hybridized carbons (Fsp3) is 0.533. The van der Waals surface area contributed by atoms with Crippen molar-refractivity contribution < 1.29 is 14.6 Å². The Morgan fingerprint density at radius 2 is 1.83 bits per heavy atom. The molecule has 18 heavy (non-hydrogen) atoms. The van der Waals surface area contributed by atoms with Crippen LogP contribution in [0.3, 0.4) is 0 Å². The minimum Gasteiger partial charge on any atom is -0.458 e. The van der Waals surface area contributed by atoms with E-state index in [-0.39, 0.29) is 24.6 Å². The van der Waals surface area contributed by atoms with E-state index in [1.54, 1.807) is 24.3 Å². The van der Waals surface area contributed by atoms with E-state index in [0.29, 0.717) is 5.56 Å². The number of hydrogen-bond acceptors (Lipinski definition) is 3. The largest absolute Gasteiger partial charge is 0.458 e. The minimum atomic E-state index is -0.446. The Hall–Kier alpha value is -1.35. The van der Waals surface area contributed by atoms with Crippen LogP contribution in [0.4, 0.5) is 0 Å². The quantitative estimate of drug-likeness (QED) is 0.817. The number of hydrogen-bond donors (Lipinski definition) is 1. The predicted octanol–water partition coefficient (Wildman–Crippen LogP) is 2.89. The molecule has 0 heterocycles. The van der Waals surface area contributed by atoms with Crippen LogP contribution in [0.1, 0.15) is 38.1 Å². The Kier molecular flexibility index (Phi) is 4.91. The summed E-state index contributed by atoms with van der Waals surface area (Å²) in [5.41, 5.74) is 0.0930. The van der Waals surface area contributed by atoms with E-state index in [1.165, 1.54) is 0 Å². The first-order chi connectivity index (χ1) is 8.38. The van der Waals surface area contributed by atoms with Crippen molar-refractivity contribution in [2.45, 2.75) is 33.8 Å². The summed E-state index contributed by atoms with van der Waals surface area (Å²) in [5.74, 6) is -0.185. The molecule has 1 unspecified atom stereocenters. The van der Waals surface area contributed by atoms with E-state index >= 15 is 0 Å². The first-order valence-corrected chi connectivity index (χ1v) is 6.25. The summed E-state index contributed by atoms with van der Waals surface area (Å²) in [7, 11) is 0. The number of carbonyl (C=O) groups excluding carboxylic acids is 1. The zero-order valence-electron chi connectivity index (χ0n) is 11.5. The summed E-state index contributed by atoms with van der Waals surface area (Å²) in [6.07, 6.45) is -0.310. The molecule has 3 nitrogen and oxygen atoms in total. The van der Waals surface area contributed by atoms with Crippen molar-refractivity contribution in [3.05, 3.63) is 35.9 Å². The minimum absolute atomic E-state index is 0.0160. The van der Waals surface area contributed by atoms with E-state index in [0.717, 1.165) is 0 Å². The fourth-order valence-corrected chi connectivity index (χ4v) is 2.05. The zero-order chi connectivity index (χ0) is 13.8. The molecule has 1 atom stereocenters. The van der Waals surface area contributed by atoms with Crippen LogP contribution in [0.5, 0.6) is 0 Å². The van der Waals surface area contributed by atoms with Crippen molar-refractivity contribution in [2.24, 2.45) is 11.3 Å². The van der Waals surface area contributed by atoms with Crippen LogP contribution in [-0.4, -0.2) is 23.8 Å². The highest BCUT2D eigenvalue weighted by Crippen LogP contribution is 2.29. The lowest BCUT2D eigenvalue weighted by Crippen LogP contribution is -2.40. The van der Waals surface area contributed by atoms with Gasteiger partial charge in [-0.15, -0.1) is 0 Å². The maximum atomic E-state index is 12.0. The van der Waals surface area contributed by atoms with Crippen molar-refractivity contribution in [2.75, 3.05) is 6.61 Å². The average molecular weight is 250 g/mol. The van der Waals surface area contributed by atoms with Gasteiger partial charge in [0, 0.05) is 5.41 Å². The van der Waals surface area contributed by atoms with E-state index in [4.69, 9.17) is 4.74 Å². The molecule has 0 aliphatic carbocycles. The first-order valence-electron chi connectivity index (χ1n) is 6.25. The molecule has 100 valence electrons. The van der Waals surface area contributed by atoms with Crippen LogP contribution in [0, 0.1) is 11.3 Å². The third-order valence-electron chi connectivity index (χ3n) is 3.03. The highest BCUT2D eigenvalue weighted by molar-refractivity contribution is 5.89. The van der Waals surface area contributed by atoms with Crippen LogP contribution in [-0.2, 0) is 4.74 Å². The Bertz CT molecular complexity index is 382. The highest BCUT2D eigenvalue weighted by atomic mass is 16.5. The van der Waals surface area contributed by atoms with Gasteiger partial charge in [-0.1, -0.05) is 45.9 Å². The van der Waals surface area contributed by atoms with Crippen molar-refractivity contribution in [1.29, 1.82) is 0 Å². The summed E-state index contributed by atoms with van der Waals surface area (Å²) in [6.45, 7) is 7.75. The zero-order valence-corrected chi connectivity index (χ0v) is 11.5. The van der Waals surface area contributed by atoms with Gasteiger partial charge in [-0.05, 0) is 18.1 Å². The van der Waals surface area contributed by atoms with Gasteiger partial charge in [0.2, 0.25) is 0 Å². The monoisotopic (exact) mass is 250 g/mol. The van der Waals surface area contributed by atoms with Crippen molar-refractivity contribution >= 4 is 5.97 Å². The fourth-order valence-electron chi connectivity index (χ4n) is 2.05. The third kappa shape index (κ3) is 3.57. The second kappa shape index (κ2) is 6.01. The van der Waals surface area contributed by atoms with Gasteiger partial charge in [0.05, 0.1) is 12.2 Å². The molecule has 3 heteroatoms. The van der Waals surface area contributed by atoms with Crippen LogP contribution < -0.4 is 0 Å². The predicted molar refractivity (Wildman–Crippen MR) is 71.4 cm³/mol. The number of aliphatic hydroxyl groups excluding tert-OH is 1. The van der Waals surface area contributed by atoms with Crippen LogP contribution in [0.2, 0.25) is 0 Å². The normalized spacial score (nSPS) is 13.4. The number of aliphatic hydroxyl groups is 1. The van der Waals surface area contributed by atoms with Gasteiger partial charge in [0.1, 0.15) is 6.10 Å². The van der Waals surface area contributed by atoms with Gasteiger partial charge in [0.15, 0.2) is 0 Å². The molecule has 0 aliphatic rings. The van der Waals surface area contributed by atoms with Gasteiger partial charge in [0.25, 0.3) is 0 Å². The van der Waals surface area contributed by atoms with Crippen LogP contribution in [0.15, 0.2) is 30.3 Å². The highest BCUT2D eigenvalue weighted by Gasteiger charge is 2.34. The molecule has 1 aromatic carbocycles. The Labute approximate surface area is 109 Å².